The normalized spacial score (nSPS) is 14.1. The first-order valence-corrected chi connectivity index (χ1v) is 21.6. The Hall–Kier alpha value is -6.50. The minimum absolute atomic E-state index is 0.0777. The summed E-state index contributed by atoms with van der Waals surface area (Å²) in [5.41, 5.74) is 17.9. The van der Waals surface area contributed by atoms with E-state index in [-0.39, 0.29) is 6.71 Å². The Labute approximate surface area is 323 Å². The van der Waals surface area contributed by atoms with Gasteiger partial charge in [-0.1, -0.05) is 114 Å². The second kappa shape index (κ2) is 12.0. The maximum Gasteiger partial charge on any atom is 0.251 e. The topological polar surface area (TPSA) is 32.3 Å². The molecular weight excluding hydrogens is 683 g/mol. The van der Waals surface area contributed by atoms with E-state index in [1.54, 1.807) is 0 Å². The monoisotopic (exact) mass is 720 g/mol. The van der Waals surface area contributed by atoms with Crippen molar-refractivity contribution in [2.24, 2.45) is 0 Å². The number of hydrogen-bond acceptors (Lipinski definition) is 4. The summed E-state index contributed by atoms with van der Waals surface area (Å²) in [5.74, 6) is 0. The molecule has 4 nitrogen and oxygen atoms in total. The van der Waals surface area contributed by atoms with E-state index in [1.165, 1.54) is 65.8 Å². The predicted molar refractivity (Wildman–Crippen MR) is 233 cm³/mol. The molecule has 260 valence electrons. The standard InChI is InChI=1S/C49H37BN4Si/c1-32-26-28-51-37(30-32)35-16-7-9-18-39(35)53-41-20-11-21-42-47(41)50-48-43(53)22-12-24-45(48)55(3,34-14-5-4-6-15-34)46-25-13-23-44(49(46)50)54(42)40-19-10-8-17-36(40)38-31-33(2)27-29-52-38/h4-31H,1-3H3. The van der Waals surface area contributed by atoms with E-state index in [0.717, 1.165) is 33.9 Å². The van der Waals surface area contributed by atoms with Crippen molar-refractivity contribution in [3.63, 3.8) is 0 Å². The fraction of sp³-hybridized carbons (Fsp3) is 0.0612. The number of nitrogens with zero attached hydrogens (tertiary/aromatic N) is 4. The Morgan fingerprint density at radius 1 is 0.436 bits per heavy atom. The molecule has 6 heteroatoms. The highest BCUT2D eigenvalue weighted by Gasteiger charge is 2.53. The molecule has 0 fully saturated rings. The molecule has 6 aromatic carbocycles. The first-order chi connectivity index (χ1) is 27.0. The van der Waals surface area contributed by atoms with Gasteiger partial charge in [0.1, 0.15) is 8.07 Å². The van der Waals surface area contributed by atoms with Crippen molar-refractivity contribution in [3.05, 3.63) is 181 Å². The fourth-order valence-corrected chi connectivity index (χ4v) is 14.0. The average Bonchev–Trinajstić information content (AvgIpc) is 3.23. The number of benzene rings is 6. The summed E-state index contributed by atoms with van der Waals surface area (Å²) >= 11 is 0. The number of pyridine rings is 2. The van der Waals surface area contributed by atoms with Crippen LogP contribution in [0.4, 0.5) is 34.1 Å². The van der Waals surface area contributed by atoms with Gasteiger partial charge in [-0.05, 0) is 107 Å². The van der Waals surface area contributed by atoms with E-state index in [1.807, 2.05) is 12.4 Å². The van der Waals surface area contributed by atoms with Crippen molar-refractivity contribution < 1.29 is 0 Å². The molecule has 0 saturated heterocycles. The molecule has 5 heterocycles. The molecule has 0 unspecified atom stereocenters. The summed E-state index contributed by atoms with van der Waals surface area (Å²) in [6.07, 6.45) is 3.85. The highest BCUT2D eigenvalue weighted by Crippen LogP contribution is 2.47. The number of anilines is 6. The third-order valence-electron chi connectivity index (χ3n) is 12.2. The molecule has 2 aromatic heterocycles. The zero-order valence-corrected chi connectivity index (χ0v) is 32.0. The lowest BCUT2D eigenvalue weighted by Crippen LogP contribution is -2.83. The van der Waals surface area contributed by atoms with Gasteiger partial charge in [0.25, 0.3) is 6.71 Å². The minimum atomic E-state index is -2.54. The van der Waals surface area contributed by atoms with Crippen LogP contribution in [0.5, 0.6) is 0 Å². The van der Waals surface area contributed by atoms with E-state index in [2.05, 4.69) is 188 Å². The van der Waals surface area contributed by atoms with Gasteiger partial charge in [0.05, 0.1) is 22.8 Å². The maximum absolute atomic E-state index is 4.92. The third kappa shape index (κ3) is 4.52. The van der Waals surface area contributed by atoms with Crippen LogP contribution in [-0.4, -0.2) is 24.8 Å². The Morgan fingerprint density at radius 3 is 1.35 bits per heavy atom. The van der Waals surface area contributed by atoms with Crippen LogP contribution in [-0.2, 0) is 0 Å². The first kappa shape index (κ1) is 32.0. The highest BCUT2D eigenvalue weighted by molar-refractivity contribution is 7.21. The highest BCUT2D eigenvalue weighted by atomic mass is 28.3. The van der Waals surface area contributed by atoms with Gasteiger partial charge in [0.2, 0.25) is 0 Å². The number of para-hydroxylation sites is 2. The smallest absolute Gasteiger partial charge is 0.251 e. The van der Waals surface area contributed by atoms with Crippen molar-refractivity contribution >= 4 is 80.9 Å². The Kier molecular flexibility index (Phi) is 6.98. The molecule has 11 rings (SSSR count). The summed E-state index contributed by atoms with van der Waals surface area (Å²) in [6, 6.07) is 58.5. The number of hydrogen-bond donors (Lipinski definition) is 0. The zero-order chi connectivity index (χ0) is 36.8. The Bertz CT molecular complexity index is 2690. The second-order valence-corrected chi connectivity index (χ2v) is 19.2. The molecule has 0 atom stereocenters. The van der Waals surface area contributed by atoms with Gasteiger partial charge in [-0.15, -0.1) is 0 Å². The number of aryl methyl sites for hydroxylation is 2. The molecule has 8 aromatic rings. The third-order valence-corrected chi connectivity index (χ3v) is 16.7. The molecule has 3 aliphatic rings. The summed E-state index contributed by atoms with van der Waals surface area (Å²) in [7, 11) is -2.54. The van der Waals surface area contributed by atoms with E-state index in [9.17, 15) is 0 Å². The van der Waals surface area contributed by atoms with E-state index < -0.39 is 8.07 Å². The van der Waals surface area contributed by atoms with Gasteiger partial charge in [-0.25, -0.2) is 0 Å². The Morgan fingerprint density at radius 2 is 0.855 bits per heavy atom. The van der Waals surface area contributed by atoms with Crippen LogP contribution < -0.4 is 41.7 Å². The molecule has 0 bridgehead atoms. The second-order valence-electron chi connectivity index (χ2n) is 15.3. The fourth-order valence-electron chi connectivity index (χ4n) is 9.78. The lowest BCUT2D eigenvalue weighted by atomic mass is 9.33. The summed E-state index contributed by atoms with van der Waals surface area (Å²) in [4.78, 5) is 14.9. The van der Waals surface area contributed by atoms with E-state index >= 15 is 0 Å². The van der Waals surface area contributed by atoms with E-state index in [4.69, 9.17) is 9.97 Å². The van der Waals surface area contributed by atoms with Crippen LogP contribution in [0.15, 0.2) is 170 Å². The van der Waals surface area contributed by atoms with Gasteiger partial charge in [-0.2, -0.15) is 0 Å². The maximum atomic E-state index is 4.92. The molecule has 0 spiro atoms. The van der Waals surface area contributed by atoms with Gasteiger partial charge in [0, 0.05) is 46.3 Å². The van der Waals surface area contributed by atoms with Gasteiger partial charge >= 0.3 is 0 Å². The molecule has 0 amide bonds. The van der Waals surface area contributed by atoms with Crippen LogP contribution in [0.3, 0.4) is 0 Å². The molecule has 55 heavy (non-hydrogen) atoms. The minimum Gasteiger partial charge on any atom is -0.311 e. The number of aromatic nitrogens is 2. The summed E-state index contributed by atoms with van der Waals surface area (Å²) < 4.78 is 0. The Balaban J connectivity index is 1.27. The predicted octanol–water partition coefficient (Wildman–Crippen LogP) is 7.92. The zero-order valence-electron chi connectivity index (χ0n) is 31.0. The van der Waals surface area contributed by atoms with Crippen LogP contribution in [0, 0.1) is 13.8 Å². The quantitative estimate of drug-likeness (QED) is 0.169. The molecule has 0 radical (unpaired) electrons. The van der Waals surface area contributed by atoms with Crippen molar-refractivity contribution in [3.8, 4) is 22.5 Å². The molecule has 0 aliphatic carbocycles. The molecule has 3 aliphatic heterocycles. The van der Waals surface area contributed by atoms with Gasteiger partial charge < -0.3 is 9.80 Å². The molecule has 0 N–H and O–H groups in total. The molecule has 0 saturated carbocycles. The molecular formula is C49H37BN4Si. The van der Waals surface area contributed by atoms with Crippen molar-refractivity contribution in [2.45, 2.75) is 20.4 Å². The van der Waals surface area contributed by atoms with Crippen molar-refractivity contribution in [1.29, 1.82) is 0 Å². The van der Waals surface area contributed by atoms with Crippen LogP contribution in [0.2, 0.25) is 6.55 Å². The van der Waals surface area contributed by atoms with Crippen molar-refractivity contribution in [1.82, 2.24) is 9.97 Å². The number of rotatable bonds is 5. The van der Waals surface area contributed by atoms with Gasteiger partial charge in [-0.3, -0.25) is 9.97 Å². The van der Waals surface area contributed by atoms with Gasteiger partial charge in [0.15, 0.2) is 0 Å². The van der Waals surface area contributed by atoms with Crippen molar-refractivity contribution in [2.75, 3.05) is 9.80 Å². The van der Waals surface area contributed by atoms with E-state index in [0.29, 0.717) is 0 Å². The lowest BCUT2D eigenvalue weighted by molar-refractivity contribution is 1.23. The largest absolute Gasteiger partial charge is 0.311 e. The lowest BCUT2D eigenvalue weighted by Gasteiger charge is -2.50. The SMILES string of the molecule is Cc1ccnc(-c2ccccc2N2c3cccc4c3B3c5c2cccc5[Si](C)(c2ccccc2)c2cccc(c23)N4c2ccccc2-c2cc(C)ccn2)c1. The van der Waals surface area contributed by atoms with Crippen LogP contribution in [0.25, 0.3) is 22.5 Å². The van der Waals surface area contributed by atoms with Crippen LogP contribution in [0.1, 0.15) is 11.1 Å². The van der Waals surface area contributed by atoms with Crippen LogP contribution >= 0.6 is 0 Å². The summed E-state index contributed by atoms with van der Waals surface area (Å²) in [6.45, 7) is 6.93. The first-order valence-electron chi connectivity index (χ1n) is 19.1. The summed E-state index contributed by atoms with van der Waals surface area (Å²) in [5, 5.41) is 4.40. The average molecular weight is 721 g/mol.